The molecule has 0 aliphatic carbocycles. The smallest absolute Gasteiger partial charge is 0.243 e. The topological polar surface area (TPSA) is 112 Å². The van der Waals surface area contributed by atoms with Crippen molar-refractivity contribution in [3.63, 3.8) is 0 Å². The summed E-state index contributed by atoms with van der Waals surface area (Å²) in [6.45, 7) is 4.75. The lowest BCUT2D eigenvalue weighted by Gasteiger charge is -2.30. The summed E-state index contributed by atoms with van der Waals surface area (Å²) < 4.78 is 26.9. The third-order valence-electron chi connectivity index (χ3n) is 5.75. The molecule has 0 atom stereocenters. The van der Waals surface area contributed by atoms with E-state index in [-0.39, 0.29) is 42.3 Å². The van der Waals surface area contributed by atoms with Gasteiger partial charge >= 0.3 is 0 Å². The Kier molecular flexibility index (Phi) is 6.89. The molecule has 2 fully saturated rings. The lowest BCUT2D eigenvalue weighted by atomic mass is 9.95. The number of sulfonamides is 1. The number of hydrogen-bond acceptors (Lipinski definition) is 7. The lowest BCUT2D eigenvalue weighted by Crippen LogP contribution is -2.49. The van der Waals surface area contributed by atoms with E-state index in [0.29, 0.717) is 5.69 Å². The number of piperidine rings is 1. The fraction of sp³-hybridized carbons (Fsp3) is 0.476. The van der Waals surface area contributed by atoms with Gasteiger partial charge in [-0.1, -0.05) is 6.07 Å². The number of nitrogens with zero attached hydrogens (tertiary/aromatic N) is 3. The summed E-state index contributed by atoms with van der Waals surface area (Å²) in [6, 6.07) is 6.22. The number of hydrogen-bond donors (Lipinski definition) is 2. The summed E-state index contributed by atoms with van der Waals surface area (Å²) in [5.74, 6) is -0.531. The maximum Gasteiger partial charge on any atom is 0.243 e. The average Bonchev–Trinajstić information content (AvgIpc) is 3.19. The molecule has 2 saturated heterocycles. The minimum absolute atomic E-state index is 0.0679. The molecule has 0 radical (unpaired) electrons. The Morgan fingerprint density at radius 2 is 2.06 bits per heavy atom. The van der Waals surface area contributed by atoms with Crippen molar-refractivity contribution in [2.45, 2.75) is 31.2 Å². The van der Waals surface area contributed by atoms with Crippen LogP contribution in [0, 0.1) is 12.8 Å². The summed E-state index contributed by atoms with van der Waals surface area (Å²) in [7, 11) is -3.80. The fourth-order valence-electron chi connectivity index (χ4n) is 4.01. The first-order valence-corrected chi connectivity index (χ1v) is 12.9. The van der Waals surface area contributed by atoms with E-state index < -0.39 is 10.0 Å². The molecule has 11 heteroatoms. The molecule has 9 nitrogen and oxygen atoms in total. The van der Waals surface area contributed by atoms with E-state index in [2.05, 4.69) is 25.9 Å². The van der Waals surface area contributed by atoms with Gasteiger partial charge in [0.15, 0.2) is 0 Å². The Hall–Kier alpha value is -2.34. The van der Waals surface area contributed by atoms with E-state index >= 15 is 0 Å². The van der Waals surface area contributed by atoms with Gasteiger partial charge in [0, 0.05) is 36.6 Å². The molecule has 2 aliphatic heterocycles. The minimum atomic E-state index is -3.80. The molecule has 2 aromatic rings. The van der Waals surface area contributed by atoms with Crippen LogP contribution in [0.2, 0.25) is 0 Å². The number of rotatable bonds is 6. The molecule has 2 aliphatic rings. The first kappa shape index (κ1) is 22.8. The molecule has 1 aromatic heterocycles. The van der Waals surface area contributed by atoms with Crippen LogP contribution in [0.25, 0.3) is 0 Å². The molecule has 2 amide bonds. The normalized spacial score (nSPS) is 19.0. The molecule has 0 bridgehead atoms. The van der Waals surface area contributed by atoms with Crippen molar-refractivity contribution in [3.05, 3.63) is 40.3 Å². The number of aromatic nitrogens is 1. The minimum Gasteiger partial charge on any atom is -0.354 e. The molecule has 0 unspecified atom stereocenters. The fourth-order valence-corrected chi connectivity index (χ4v) is 6.06. The average molecular weight is 478 g/mol. The predicted octanol–water partition coefficient (Wildman–Crippen LogP) is 1.42. The van der Waals surface area contributed by atoms with Crippen LogP contribution in [0.5, 0.6) is 0 Å². The second kappa shape index (κ2) is 9.65. The van der Waals surface area contributed by atoms with Crippen molar-refractivity contribution in [2.24, 2.45) is 5.92 Å². The summed E-state index contributed by atoms with van der Waals surface area (Å²) >= 11 is 1.64. The van der Waals surface area contributed by atoms with Gasteiger partial charge in [0.2, 0.25) is 21.8 Å². The highest BCUT2D eigenvalue weighted by Gasteiger charge is 2.30. The summed E-state index contributed by atoms with van der Waals surface area (Å²) in [6.07, 6.45) is 1.49. The van der Waals surface area contributed by atoms with Crippen molar-refractivity contribution < 1.29 is 18.0 Å². The van der Waals surface area contributed by atoms with E-state index in [1.54, 1.807) is 23.5 Å². The largest absolute Gasteiger partial charge is 0.354 e. The number of aryl methyl sites for hydroxylation is 1. The number of likely N-dealkylation sites (tertiary alicyclic amines) is 1. The highest BCUT2D eigenvalue weighted by molar-refractivity contribution is 7.89. The summed E-state index contributed by atoms with van der Waals surface area (Å²) in [5, 5.41) is 8.62. The number of piperazine rings is 1. The second-order valence-corrected chi connectivity index (χ2v) is 11.1. The first-order chi connectivity index (χ1) is 15.3. The predicted molar refractivity (Wildman–Crippen MR) is 122 cm³/mol. The van der Waals surface area contributed by atoms with Crippen LogP contribution in [0.4, 0.5) is 5.69 Å². The van der Waals surface area contributed by atoms with E-state index in [4.69, 9.17) is 0 Å². The zero-order valence-corrected chi connectivity index (χ0v) is 19.5. The molecule has 0 saturated carbocycles. The quantitative estimate of drug-likeness (QED) is 0.651. The number of nitrogens with one attached hydrogen (secondary N) is 2. The van der Waals surface area contributed by atoms with E-state index in [1.807, 2.05) is 6.92 Å². The van der Waals surface area contributed by atoms with E-state index in [0.717, 1.165) is 47.5 Å². The Morgan fingerprint density at radius 3 is 2.75 bits per heavy atom. The first-order valence-electron chi connectivity index (χ1n) is 10.6. The highest BCUT2D eigenvalue weighted by atomic mass is 32.2. The maximum absolute atomic E-state index is 12.9. The monoisotopic (exact) mass is 477 g/mol. The van der Waals surface area contributed by atoms with Crippen molar-refractivity contribution in [2.75, 3.05) is 38.0 Å². The van der Waals surface area contributed by atoms with Crippen LogP contribution in [0.3, 0.4) is 0 Å². The van der Waals surface area contributed by atoms with Gasteiger partial charge in [0.25, 0.3) is 0 Å². The number of anilines is 1. The second-order valence-electron chi connectivity index (χ2n) is 8.11. The molecular weight excluding hydrogens is 450 g/mol. The van der Waals surface area contributed by atoms with Crippen LogP contribution in [-0.4, -0.2) is 67.1 Å². The van der Waals surface area contributed by atoms with Gasteiger partial charge in [-0.25, -0.2) is 13.4 Å². The molecule has 1 aromatic carbocycles. The van der Waals surface area contributed by atoms with Gasteiger partial charge in [-0.3, -0.25) is 14.5 Å². The van der Waals surface area contributed by atoms with Gasteiger partial charge in [-0.15, -0.1) is 11.3 Å². The lowest BCUT2D eigenvalue weighted by molar-refractivity contribution is -0.123. The highest BCUT2D eigenvalue weighted by Crippen LogP contribution is 2.24. The van der Waals surface area contributed by atoms with Gasteiger partial charge in [0.1, 0.15) is 0 Å². The Morgan fingerprint density at radius 1 is 1.28 bits per heavy atom. The summed E-state index contributed by atoms with van der Waals surface area (Å²) in [5.41, 5.74) is 1.51. The Bertz CT molecular complexity index is 1090. The van der Waals surface area contributed by atoms with Crippen LogP contribution < -0.4 is 10.6 Å². The molecular formula is C21H27N5O4S2. The van der Waals surface area contributed by atoms with Gasteiger partial charge < -0.3 is 10.6 Å². The zero-order chi connectivity index (χ0) is 22.7. The van der Waals surface area contributed by atoms with Crippen LogP contribution in [-0.2, 0) is 26.2 Å². The third-order valence-corrected chi connectivity index (χ3v) is 8.42. The molecule has 4 rings (SSSR count). The molecule has 32 heavy (non-hydrogen) atoms. The number of carbonyl (C=O) groups is 2. The number of benzene rings is 1. The van der Waals surface area contributed by atoms with Crippen LogP contribution in [0.1, 0.15) is 23.5 Å². The number of thiazole rings is 1. The van der Waals surface area contributed by atoms with Crippen molar-refractivity contribution >= 4 is 38.9 Å². The Labute approximate surface area is 191 Å². The van der Waals surface area contributed by atoms with E-state index in [1.165, 1.54) is 12.1 Å². The molecule has 0 spiro atoms. The van der Waals surface area contributed by atoms with Crippen molar-refractivity contribution in [3.8, 4) is 0 Å². The van der Waals surface area contributed by atoms with Gasteiger partial charge in [-0.05, 0) is 51.1 Å². The zero-order valence-electron chi connectivity index (χ0n) is 17.9. The molecule has 172 valence electrons. The van der Waals surface area contributed by atoms with Gasteiger partial charge in [0.05, 0.1) is 22.1 Å². The van der Waals surface area contributed by atoms with E-state index in [9.17, 15) is 18.0 Å². The molecule has 3 heterocycles. The maximum atomic E-state index is 12.9. The van der Waals surface area contributed by atoms with Gasteiger partial charge in [-0.2, -0.15) is 4.31 Å². The third kappa shape index (κ3) is 5.34. The summed E-state index contributed by atoms with van der Waals surface area (Å²) in [4.78, 5) is 31.3. The SMILES string of the molecule is Cc1nc(CN2CCC(C(=O)Nc3cccc(S(=O)(=O)N4CCNC(=O)C4)c3)CC2)cs1. The number of carbonyl (C=O) groups excluding carboxylic acids is 2. The van der Waals surface area contributed by atoms with Crippen LogP contribution in [0.15, 0.2) is 34.5 Å². The van der Waals surface area contributed by atoms with Crippen molar-refractivity contribution in [1.82, 2.24) is 19.5 Å². The number of amides is 2. The molecule has 2 N–H and O–H groups in total. The Balaban J connectivity index is 1.34. The van der Waals surface area contributed by atoms with Crippen LogP contribution >= 0.6 is 11.3 Å². The van der Waals surface area contributed by atoms with Crippen molar-refractivity contribution in [1.29, 1.82) is 0 Å². The standard InChI is InChI=1S/C21H27N5O4S2/c1-15-23-18(14-31-15)12-25-8-5-16(6-9-25)21(28)24-17-3-2-4-19(11-17)32(29,30)26-10-7-22-20(27)13-26/h2-4,11,14,16H,5-10,12-13H2,1H3,(H,22,27)(H,24,28).